The molecule has 160 valence electrons. The maximum atomic E-state index is 10.8. The van der Waals surface area contributed by atoms with Crippen LogP contribution in [0, 0.1) is 11.3 Å². The van der Waals surface area contributed by atoms with Crippen molar-refractivity contribution in [2.45, 2.75) is 66.2 Å². The molecule has 0 atom stereocenters. The quantitative estimate of drug-likeness (QED) is 0.595. The summed E-state index contributed by atoms with van der Waals surface area (Å²) >= 11 is 0. The second kappa shape index (κ2) is 8.09. The largest absolute Gasteiger partial charge is 0.508 e. The van der Waals surface area contributed by atoms with Gasteiger partial charge in [-0.2, -0.15) is 0 Å². The van der Waals surface area contributed by atoms with E-state index in [1.807, 2.05) is 6.07 Å². The molecule has 0 aromatic heterocycles. The van der Waals surface area contributed by atoms with Crippen LogP contribution in [0.4, 0.5) is 5.69 Å². The van der Waals surface area contributed by atoms with Crippen LogP contribution in [0.5, 0.6) is 5.75 Å². The molecule has 1 heterocycles. The third-order valence-corrected chi connectivity index (χ3v) is 6.42. The van der Waals surface area contributed by atoms with E-state index in [-0.39, 0.29) is 5.41 Å². The van der Waals surface area contributed by atoms with E-state index in [9.17, 15) is 5.11 Å². The van der Waals surface area contributed by atoms with Crippen molar-refractivity contribution in [1.29, 1.82) is 0 Å². The number of aromatic hydroxyl groups is 1. The standard InChI is InChI=1S/C27H36N2O/c1-18(2)20-8-10-21(11-9-20)26-25-22(16-19-6-7-19)24(30)13-12-23(25)29(17-28-26)15-14-27(3,4)5/h8-13,18-19,30H,6-7,14-17H2,1-5H3. The zero-order valence-corrected chi connectivity index (χ0v) is 19.2. The van der Waals surface area contributed by atoms with Crippen LogP contribution in [0.1, 0.15) is 82.1 Å². The van der Waals surface area contributed by atoms with Crippen molar-refractivity contribution in [3.8, 4) is 5.75 Å². The molecule has 2 aromatic carbocycles. The molecule has 0 unspecified atom stereocenters. The van der Waals surface area contributed by atoms with E-state index in [0.717, 1.165) is 41.8 Å². The van der Waals surface area contributed by atoms with Gasteiger partial charge in [0, 0.05) is 28.9 Å². The number of hydrogen-bond donors (Lipinski definition) is 1. The van der Waals surface area contributed by atoms with Gasteiger partial charge in [-0.05, 0) is 60.6 Å². The first-order chi connectivity index (χ1) is 14.2. The third-order valence-electron chi connectivity index (χ3n) is 6.42. The molecule has 0 bridgehead atoms. The molecular formula is C27H36N2O. The molecule has 1 aliphatic carbocycles. The topological polar surface area (TPSA) is 35.8 Å². The lowest BCUT2D eigenvalue weighted by molar-refractivity contribution is 0.379. The zero-order chi connectivity index (χ0) is 21.5. The number of rotatable bonds is 6. The average Bonchev–Trinajstić information content (AvgIpc) is 3.52. The van der Waals surface area contributed by atoms with Gasteiger partial charge in [0.25, 0.3) is 0 Å². The van der Waals surface area contributed by atoms with E-state index in [0.29, 0.717) is 24.3 Å². The molecule has 3 nitrogen and oxygen atoms in total. The molecule has 4 rings (SSSR count). The summed E-state index contributed by atoms with van der Waals surface area (Å²) in [7, 11) is 0. The van der Waals surface area contributed by atoms with Gasteiger partial charge in [0.15, 0.2) is 0 Å². The first-order valence-electron chi connectivity index (χ1n) is 11.5. The van der Waals surface area contributed by atoms with Gasteiger partial charge in [0.1, 0.15) is 12.4 Å². The predicted molar refractivity (Wildman–Crippen MR) is 127 cm³/mol. The van der Waals surface area contributed by atoms with Crippen molar-refractivity contribution < 1.29 is 5.11 Å². The minimum atomic E-state index is 0.282. The van der Waals surface area contributed by atoms with E-state index < -0.39 is 0 Å². The summed E-state index contributed by atoms with van der Waals surface area (Å²) < 4.78 is 0. The lowest BCUT2D eigenvalue weighted by atomic mass is 9.88. The Bertz CT molecular complexity index is 931. The molecule has 0 radical (unpaired) electrons. The Hall–Kier alpha value is -2.29. The fourth-order valence-electron chi connectivity index (χ4n) is 4.20. The highest BCUT2D eigenvalue weighted by Crippen LogP contribution is 2.41. The fraction of sp³-hybridized carbons (Fsp3) is 0.519. The molecule has 30 heavy (non-hydrogen) atoms. The molecular weight excluding hydrogens is 368 g/mol. The monoisotopic (exact) mass is 404 g/mol. The number of fused-ring (bicyclic) bond motifs is 1. The minimum absolute atomic E-state index is 0.282. The van der Waals surface area contributed by atoms with Crippen LogP contribution in [-0.4, -0.2) is 24.0 Å². The summed E-state index contributed by atoms with van der Waals surface area (Å²) in [6.07, 6.45) is 4.60. The number of phenols is 1. The Morgan fingerprint density at radius 2 is 1.77 bits per heavy atom. The second-order valence-electron chi connectivity index (χ2n) is 10.6. The highest BCUT2D eigenvalue weighted by atomic mass is 16.3. The van der Waals surface area contributed by atoms with Crippen molar-refractivity contribution in [3.63, 3.8) is 0 Å². The van der Waals surface area contributed by atoms with Crippen molar-refractivity contribution in [2.75, 3.05) is 18.1 Å². The lowest BCUT2D eigenvalue weighted by Crippen LogP contribution is -2.33. The number of nitrogens with zero attached hydrogens (tertiary/aromatic N) is 2. The zero-order valence-electron chi connectivity index (χ0n) is 19.2. The van der Waals surface area contributed by atoms with Gasteiger partial charge >= 0.3 is 0 Å². The van der Waals surface area contributed by atoms with Crippen molar-refractivity contribution in [2.24, 2.45) is 16.3 Å². The van der Waals surface area contributed by atoms with Crippen molar-refractivity contribution >= 4 is 11.4 Å². The molecule has 0 amide bonds. The van der Waals surface area contributed by atoms with Crippen LogP contribution < -0.4 is 4.90 Å². The van der Waals surface area contributed by atoms with Crippen LogP contribution in [0.15, 0.2) is 41.4 Å². The lowest BCUT2D eigenvalue weighted by Gasteiger charge is -2.34. The smallest absolute Gasteiger partial charge is 0.119 e. The first-order valence-corrected chi connectivity index (χ1v) is 11.5. The summed E-state index contributed by atoms with van der Waals surface area (Å²) in [5.74, 6) is 1.64. The van der Waals surface area contributed by atoms with E-state index in [1.165, 1.54) is 24.1 Å². The SMILES string of the molecule is CC(C)c1ccc(C2=NCN(CCC(C)(C)C)c3ccc(O)c(CC4CC4)c32)cc1. The highest BCUT2D eigenvalue weighted by molar-refractivity contribution is 6.18. The molecule has 1 saturated carbocycles. The van der Waals surface area contributed by atoms with Crippen LogP contribution in [0.2, 0.25) is 0 Å². The molecule has 3 heteroatoms. The number of benzene rings is 2. The van der Waals surface area contributed by atoms with Gasteiger partial charge in [0.2, 0.25) is 0 Å². The maximum Gasteiger partial charge on any atom is 0.119 e. The van der Waals surface area contributed by atoms with E-state index in [4.69, 9.17) is 4.99 Å². The maximum absolute atomic E-state index is 10.8. The summed E-state index contributed by atoms with van der Waals surface area (Å²) in [6, 6.07) is 12.8. The molecule has 0 spiro atoms. The first kappa shape index (κ1) is 21.0. The van der Waals surface area contributed by atoms with E-state index in [2.05, 4.69) is 69.9 Å². The average molecular weight is 405 g/mol. The summed E-state index contributed by atoms with van der Waals surface area (Å²) in [5, 5.41) is 10.8. The summed E-state index contributed by atoms with van der Waals surface area (Å²) in [4.78, 5) is 7.45. The molecule has 2 aliphatic rings. The van der Waals surface area contributed by atoms with E-state index in [1.54, 1.807) is 0 Å². The second-order valence-corrected chi connectivity index (χ2v) is 10.6. The minimum Gasteiger partial charge on any atom is -0.508 e. The van der Waals surface area contributed by atoms with E-state index >= 15 is 0 Å². The Morgan fingerprint density at radius 3 is 2.37 bits per heavy atom. The van der Waals surface area contributed by atoms with Gasteiger partial charge in [-0.25, -0.2) is 0 Å². The molecule has 0 saturated heterocycles. The normalized spacial score (nSPS) is 16.6. The van der Waals surface area contributed by atoms with Crippen molar-refractivity contribution in [1.82, 2.24) is 0 Å². The van der Waals surface area contributed by atoms with Gasteiger partial charge in [-0.1, -0.05) is 58.9 Å². The molecule has 1 aliphatic heterocycles. The van der Waals surface area contributed by atoms with Gasteiger partial charge < -0.3 is 10.0 Å². The van der Waals surface area contributed by atoms with Crippen LogP contribution in [-0.2, 0) is 6.42 Å². The third kappa shape index (κ3) is 4.55. The summed E-state index contributed by atoms with van der Waals surface area (Å²) in [6.45, 7) is 13.0. The Labute approximate surface area is 181 Å². The number of hydrogen-bond acceptors (Lipinski definition) is 3. The molecule has 1 N–H and O–H groups in total. The Morgan fingerprint density at radius 1 is 1.07 bits per heavy atom. The number of phenolic OH excluding ortho intramolecular Hbond substituents is 1. The molecule has 2 aromatic rings. The predicted octanol–water partition coefficient (Wildman–Crippen LogP) is 6.52. The van der Waals surface area contributed by atoms with Gasteiger partial charge in [-0.15, -0.1) is 0 Å². The summed E-state index contributed by atoms with van der Waals surface area (Å²) in [5.41, 5.74) is 7.28. The van der Waals surface area contributed by atoms with Crippen molar-refractivity contribution in [3.05, 3.63) is 58.7 Å². The van der Waals surface area contributed by atoms with Crippen LogP contribution in [0.25, 0.3) is 0 Å². The highest BCUT2D eigenvalue weighted by Gasteiger charge is 2.30. The number of aliphatic imine (C=N–C) groups is 1. The fourth-order valence-corrected chi connectivity index (χ4v) is 4.20. The Kier molecular flexibility index (Phi) is 5.65. The van der Waals surface area contributed by atoms with Gasteiger partial charge in [0.05, 0.1) is 5.71 Å². The molecule has 1 fully saturated rings. The Balaban J connectivity index is 1.76. The van der Waals surface area contributed by atoms with Crippen LogP contribution in [0.3, 0.4) is 0 Å². The van der Waals surface area contributed by atoms with Crippen LogP contribution >= 0.6 is 0 Å². The number of anilines is 1. The van der Waals surface area contributed by atoms with Gasteiger partial charge in [-0.3, -0.25) is 4.99 Å².